The van der Waals surface area contributed by atoms with Crippen molar-refractivity contribution >= 4 is 27.8 Å². The third-order valence-electron chi connectivity index (χ3n) is 2.77. The smallest absolute Gasteiger partial charge is 0.308 e. The van der Waals surface area contributed by atoms with Crippen LogP contribution in [-0.2, 0) is 4.79 Å². The summed E-state index contributed by atoms with van der Waals surface area (Å²) in [5, 5.41) is 1.89. The summed E-state index contributed by atoms with van der Waals surface area (Å²) in [4.78, 5) is 15.6. The lowest BCUT2D eigenvalue weighted by Gasteiger charge is -2.06. The molecule has 0 unspecified atom stereocenters. The number of benzene rings is 2. The van der Waals surface area contributed by atoms with Gasteiger partial charge in [-0.1, -0.05) is 24.3 Å². The lowest BCUT2D eigenvalue weighted by Crippen LogP contribution is -2.01. The third-order valence-corrected chi connectivity index (χ3v) is 2.77. The van der Waals surface area contributed by atoms with Crippen molar-refractivity contribution in [1.29, 1.82) is 0 Å². The van der Waals surface area contributed by atoms with Gasteiger partial charge in [-0.15, -0.1) is 0 Å². The van der Waals surface area contributed by atoms with E-state index in [0.717, 1.165) is 21.8 Å². The molecule has 0 aliphatic heterocycles. The fourth-order valence-electron chi connectivity index (χ4n) is 2.02. The molecule has 0 N–H and O–H groups in total. The average molecular weight is 237 g/mol. The maximum absolute atomic E-state index is 11.1. The fourth-order valence-corrected chi connectivity index (χ4v) is 2.02. The molecular weight excluding hydrogens is 226 g/mol. The van der Waals surface area contributed by atoms with Crippen LogP contribution in [0.1, 0.15) is 6.92 Å². The molecule has 2 aromatic carbocycles. The van der Waals surface area contributed by atoms with E-state index in [0.29, 0.717) is 5.75 Å². The lowest BCUT2D eigenvalue weighted by atomic mass is 10.1. The molecule has 0 aliphatic carbocycles. The normalized spacial score (nSPS) is 10.7. The van der Waals surface area contributed by atoms with E-state index >= 15 is 0 Å². The van der Waals surface area contributed by atoms with Gasteiger partial charge in [-0.25, -0.2) is 4.98 Å². The van der Waals surface area contributed by atoms with E-state index in [9.17, 15) is 4.79 Å². The number of hydrogen-bond acceptors (Lipinski definition) is 3. The Balaban J connectivity index is 2.32. The van der Waals surface area contributed by atoms with Crippen LogP contribution in [0.5, 0.6) is 5.75 Å². The Bertz CT molecular complexity index is 750. The van der Waals surface area contributed by atoms with Gasteiger partial charge < -0.3 is 4.74 Å². The zero-order chi connectivity index (χ0) is 12.5. The van der Waals surface area contributed by atoms with Gasteiger partial charge in [-0.2, -0.15) is 0 Å². The molecule has 0 saturated heterocycles. The minimum absolute atomic E-state index is 0.323. The van der Waals surface area contributed by atoms with Crippen LogP contribution in [0.2, 0.25) is 0 Å². The number of pyridine rings is 1. The highest BCUT2D eigenvalue weighted by Gasteiger charge is 2.06. The van der Waals surface area contributed by atoms with Crippen LogP contribution in [0, 0.1) is 0 Å². The van der Waals surface area contributed by atoms with E-state index in [1.165, 1.54) is 6.92 Å². The number of ether oxygens (including phenoxy) is 1. The summed E-state index contributed by atoms with van der Waals surface area (Å²) in [7, 11) is 0. The van der Waals surface area contributed by atoms with E-state index in [1.807, 2.05) is 42.5 Å². The second-order valence-corrected chi connectivity index (χ2v) is 4.10. The number of carbonyl (C=O) groups excluding carboxylic acids is 1. The molecule has 3 aromatic rings. The second kappa shape index (κ2) is 4.11. The third kappa shape index (κ3) is 1.80. The van der Waals surface area contributed by atoms with Gasteiger partial charge in [0.05, 0.1) is 11.0 Å². The zero-order valence-electron chi connectivity index (χ0n) is 9.88. The monoisotopic (exact) mass is 237 g/mol. The number of carbonyl (C=O) groups is 1. The molecule has 1 heterocycles. The Morgan fingerprint density at radius 2 is 1.83 bits per heavy atom. The Morgan fingerprint density at radius 1 is 1.06 bits per heavy atom. The number of hydrogen-bond donors (Lipinski definition) is 0. The van der Waals surface area contributed by atoms with Crippen molar-refractivity contribution < 1.29 is 9.53 Å². The van der Waals surface area contributed by atoms with Crippen molar-refractivity contribution in [3.05, 3.63) is 48.5 Å². The van der Waals surface area contributed by atoms with Crippen LogP contribution in [0.25, 0.3) is 21.8 Å². The quantitative estimate of drug-likeness (QED) is 0.370. The van der Waals surface area contributed by atoms with Crippen LogP contribution in [-0.4, -0.2) is 11.0 Å². The number of aromatic nitrogens is 1. The van der Waals surface area contributed by atoms with Crippen molar-refractivity contribution in [1.82, 2.24) is 4.98 Å². The van der Waals surface area contributed by atoms with E-state index in [1.54, 1.807) is 6.07 Å². The first kappa shape index (κ1) is 10.7. The SMILES string of the molecule is CC(=O)Oc1cccc2nc3ccccc3cc12. The maximum Gasteiger partial charge on any atom is 0.308 e. The number of fused-ring (bicyclic) bond motifs is 2. The minimum Gasteiger partial charge on any atom is -0.426 e. The topological polar surface area (TPSA) is 39.2 Å². The van der Waals surface area contributed by atoms with Gasteiger partial charge in [0.15, 0.2) is 0 Å². The molecule has 3 heteroatoms. The summed E-state index contributed by atoms with van der Waals surface area (Å²) in [5.41, 5.74) is 1.76. The van der Waals surface area contributed by atoms with Crippen molar-refractivity contribution in [2.75, 3.05) is 0 Å². The van der Waals surface area contributed by atoms with Crippen molar-refractivity contribution in [2.45, 2.75) is 6.92 Å². The van der Waals surface area contributed by atoms with Gasteiger partial charge in [0.25, 0.3) is 0 Å². The Kier molecular flexibility index (Phi) is 2.45. The van der Waals surface area contributed by atoms with Crippen LogP contribution < -0.4 is 4.74 Å². The van der Waals surface area contributed by atoms with Gasteiger partial charge in [0, 0.05) is 17.7 Å². The number of esters is 1. The second-order valence-electron chi connectivity index (χ2n) is 4.10. The van der Waals surface area contributed by atoms with Crippen LogP contribution in [0.4, 0.5) is 0 Å². The van der Waals surface area contributed by atoms with Gasteiger partial charge in [-0.05, 0) is 24.3 Å². The first-order valence-corrected chi connectivity index (χ1v) is 5.71. The summed E-state index contributed by atoms with van der Waals surface area (Å²) >= 11 is 0. The molecule has 0 amide bonds. The van der Waals surface area contributed by atoms with E-state index < -0.39 is 0 Å². The Labute approximate surface area is 104 Å². The number of para-hydroxylation sites is 1. The van der Waals surface area contributed by atoms with Crippen molar-refractivity contribution in [3.8, 4) is 5.75 Å². The minimum atomic E-state index is -0.323. The number of nitrogens with zero attached hydrogens (tertiary/aromatic N) is 1. The molecule has 0 atom stereocenters. The van der Waals surface area contributed by atoms with Gasteiger partial charge in [-0.3, -0.25) is 4.79 Å². The zero-order valence-corrected chi connectivity index (χ0v) is 9.88. The highest BCUT2D eigenvalue weighted by atomic mass is 16.5. The molecule has 3 nitrogen and oxygen atoms in total. The lowest BCUT2D eigenvalue weighted by molar-refractivity contribution is -0.131. The van der Waals surface area contributed by atoms with E-state index in [4.69, 9.17) is 4.74 Å². The Morgan fingerprint density at radius 3 is 2.67 bits per heavy atom. The van der Waals surface area contributed by atoms with Crippen LogP contribution >= 0.6 is 0 Å². The molecule has 0 saturated carbocycles. The molecule has 0 bridgehead atoms. The number of rotatable bonds is 1. The summed E-state index contributed by atoms with van der Waals surface area (Å²) < 4.78 is 5.20. The highest BCUT2D eigenvalue weighted by Crippen LogP contribution is 2.27. The van der Waals surface area contributed by atoms with Crippen LogP contribution in [0.15, 0.2) is 48.5 Å². The van der Waals surface area contributed by atoms with Gasteiger partial charge in [0.1, 0.15) is 5.75 Å². The van der Waals surface area contributed by atoms with Crippen LogP contribution in [0.3, 0.4) is 0 Å². The van der Waals surface area contributed by atoms with E-state index in [-0.39, 0.29) is 5.97 Å². The molecule has 3 rings (SSSR count). The standard InChI is InChI=1S/C15H11NO2/c1-10(17)18-15-8-4-7-14-12(15)9-11-5-2-3-6-13(11)16-14/h2-9H,1H3. The molecule has 88 valence electrons. The first-order chi connectivity index (χ1) is 8.74. The largest absolute Gasteiger partial charge is 0.426 e. The summed E-state index contributed by atoms with van der Waals surface area (Å²) in [6.07, 6.45) is 0. The molecular formula is C15H11NO2. The van der Waals surface area contributed by atoms with Gasteiger partial charge in [0.2, 0.25) is 0 Å². The predicted octanol–water partition coefficient (Wildman–Crippen LogP) is 3.31. The predicted molar refractivity (Wildman–Crippen MR) is 70.6 cm³/mol. The Hall–Kier alpha value is -2.42. The molecule has 0 fully saturated rings. The van der Waals surface area contributed by atoms with Gasteiger partial charge >= 0.3 is 5.97 Å². The maximum atomic E-state index is 11.1. The van der Waals surface area contributed by atoms with E-state index in [2.05, 4.69) is 4.98 Å². The highest BCUT2D eigenvalue weighted by molar-refractivity contribution is 5.96. The molecule has 0 spiro atoms. The summed E-state index contributed by atoms with van der Waals surface area (Å²) in [6, 6.07) is 15.4. The molecule has 0 aliphatic rings. The fraction of sp³-hybridized carbons (Fsp3) is 0.0667. The summed E-state index contributed by atoms with van der Waals surface area (Å²) in [6.45, 7) is 1.40. The summed E-state index contributed by atoms with van der Waals surface area (Å²) in [5.74, 6) is 0.230. The van der Waals surface area contributed by atoms with Crippen molar-refractivity contribution in [2.24, 2.45) is 0 Å². The van der Waals surface area contributed by atoms with Crippen molar-refractivity contribution in [3.63, 3.8) is 0 Å². The molecule has 1 aromatic heterocycles. The first-order valence-electron chi connectivity index (χ1n) is 5.71. The average Bonchev–Trinajstić information content (AvgIpc) is 2.36. The molecule has 0 radical (unpaired) electrons. The molecule has 18 heavy (non-hydrogen) atoms.